The number of para-hydroxylation sites is 1. The fourth-order valence-electron chi connectivity index (χ4n) is 6.46. The lowest BCUT2D eigenvalue weighted by Gasteiger charge is -2.38. The molecule has 2 aliphatic rings. The third kappa shape index (κ3) is 6.36. The molecular weight excluding hydrogens is 506 g/mol. The summed E-state index contributed by atoms with van der Waals surface area (Å²) < 4.78 is 26.6. The number of fused-ring (bicyclic) bond motifs is 2. The average molecular weight is 546 g/mol. The van der Waals surface area contributed by atoms with Crippen molar-refractivity contribution in [2.24, 2.45) is 5.92 Å². The van der Waals surface area contributed by atoms with Crippen LogP contribution in [-0.2, 0) is 33.2 Å². The van der Waals surface area contributed by atoms with Crippen molar-refractivity contribution in [1.82, 2.24) is 10.2 Å². The molecule has 1 spiro atoms. The van der Waals surface area contributed by atoms with Gasteiger partial charge in [0.15, 0.2) is 0 Å². The van der Waals surface area contributed by atoms with Crippen molar-refractivity contribution in [1.29, 1.82) is 0 Å². The van der Waals surface area contributed by atoms with E-state index in [0.29, 0.717) is 6.54 Å². The van der Waals surface area contributed by atoms with Crippen molar-refractivity contribution in [3.05, 3.63) is 102 Å². The van der Waals surface area contributed by atoms with E-state index < -0.39 is 10.0 Å². The van der Waals surface area contributed by atoms with Gasteiger partial charge in [-0.2, -0.15) is 0 Å². The van der Waals surface area contributed by atoms with Gasteiger partial charge in [-0.1, -0.05) is 78.9 Å². The first-order valence-corrected chi connectivity index (χ1v) is 15.7. The molecule has 0 saturated heterocycles. The molecule has 0 unspecified atom stereocenters. The molecule has 1 heterocycles. The zero-order valence-corrected chi connectivity index (χ0v) is 23.7. The van der Waals surface area contributed by atoms with Crippen LogP contribution in [-0.4, -0.2) is 51.7 Å². The molecule has 1 fully saturated rings. The smallest absolute Gasteiger partial charge is 0.232 e. The maximum Gasteiger partial charge on any atom is 0.232 e. The molecule has 39 heavy (non-hydrogen) atoms. The third-order valence-corrected chi connectivity index (χ3v) is 9.53. The van der Waals surface area contributed by atoms with Crippen LogP contribution in [0.3, 0.4) is 0 Å². The lowest BCUT2D eigenvalue weighted by Crippen LogP contribution is -2.48. The standard InChI is InChI=1S/C32H39N3O3S/c1-34(22-26-13-7-4-8-14-26)23-28(21-25-11-5-3-6-12-25)33-31(36)27-17-19-32(20-18-27)24-35(39(2,37)38)30-16-10-9-15-29(30)32/h3-16,27-28H,17-24H2,1-2H3,(H,33,36)/t27-,28-,32-/m0/s1. The highest BCUT2D eigenvalue weighted by Gasteiger charge is 2.48. The Labute approximate surface area is 233 Å². The van der Waals surface area contributed by atoms with Gasteiger partial charge in [-0.25, -0.2) is 8.42 Å². The number of nitrogens with one attached hydrogen (secondary N) is 1. The third-order valence-electron chi connectivity index (χ3n) is 8.40. The molecule has 7 heteroatoms. The maximum absolute atomic E-state index is 13.6. The molecule has 206 valence electrons. The summed E-state index contributed by atoms with van der Waals surface area (Å²) in [5.74, 6) is 0.0536. The number of rotatable bonds is 9. The summed E-state index contributed by atoms with van der Waals surface area (Å²) in [4.78, 5) is 15.8. The lowest BCUT2D eigenvalue weighted by atomic mass is 9.67. The fraction of sp³-hybridized carbons (Fsp3) is 0.406. The maximum atomic E-state index is 13.6. The predicted molar refractivity (Wildman–Crippen MR) is 157 cm³/mol. The summed E-state index contributed by atoms with van der Waals surface area (Å²) in [5.41, 5.74) is 4.16. The molecule has 6 nitrogen and oxygen atoms in total. The molecule has 5 rings (SSSR count). The van der Waals surface area contributed by atoms with Crippen molar-refractivity contribution in [2.45, 2.75) is 50.1 Å². The van der Waals surface area contributed by atoms with Crippen molar-refractivity contribution in [3.63, 3.8) is 0 Å². The number of carbonyl (C=O) groups is 1. The molecule has 0 bridgehead atoms. The number of hydrogen-bond donors (Lipinski definition) is 1. The minimum absolute atomic E-state index is 0.00238. The van der Waals surface area contributed by atoms with E-state index in [-0.39, 0.29) is 23.3 Å². The average Bonchev–Trinajstić information content (AvgIpc) is 3.24. The molecule has 3 aromatic rings. The van der Waals surface area contributed by atoms with Gasteiger partial charge in [0.2, 0.25) is 15.9 Å². The lowest BCUT2D eigenvalue weighted by molar-refractivity contribution is -0.127. The number of hydrogen-bond acceptors (Lipinski definition) is 4. The molecule has 1 atom stereocenters. The van der Waals surface area contributed by atoms with Gasteiger partial charge < -0.3 is 10.2 Å². The van der Waals surface area contributed by atoms with Crippen LogP contribution in [0.25, 0.3) is 0 Å². The van der Waals surface area contributed by atoms with Gasteiger partial charge in [0, 0.05) is 37.0 Å². The van der Waals surface area contributed by atoms with Gasteiger partial charge in [-0.05, 0) is 61.9 Å². The highest BCUT2D eigenvalue weighted by Crippen LogP contribution is 2.50. The minimum Gasteiger partial charge on any atom is -0.352 e. The first kappa shape index (κ1) is 27.4. The van der Waals surface area contributed by atoms with E-state index in [9.17, 15) is 13.2 Å². The van der Waals surface area contributed by atoms with Crippen molar-refractivity contribution in [3.8, 4) is 0 Å². The number of likely N-dealkylation sites (N-methyl/N-ethyl adjacent to an activating group) is 1. The first-order valence-electron chi connectivity index (χ1n) is 13.9. The van der Waals surface area contributed by atoms with Crippen molar-refractivity contribution >= 4 is 21.6 Å². The number of carbonyl (C=O) groups excluding carboxylic acids is 1. The van der Waals surface area contributed by atoms with Gasteiger partial charge in [-0.15, -0.1) is 0 Å². The van der Waals surface area contributed by atoms with E-state index in [1.807, 2.05) is 42.5 Å². The normalized spacial score (nSPS) is 21.6. The SMILES string of the molecule is CN(Cc1ccccc1)C[C@H](Cc1ccccc1)NC(=O)[C@H]1CC[C@]2(CC1)CN(S(C)(=O)=O)c1ccccc12. The van der Waals surface area contributed by atoms with Crippen LogP contribution in [0.2, 0.25) is 0 Å². The number of sulfonamides is 1. The van der Waals surface area contributed by atoms with Crippen LogP contribution in [0, 0.1) is 5.92 Å². The second-order valence-corrected chi connectivity index (χ2v) is 13.3. The van der Waals surface area contributed by atoms with Crippen LogP contribution < -0.4 is 9.62 Å². The Kier molecular flexibility index (Phi) is 8.10. The molecular formula is C32H39N3O3S. The summed E-state index contributed by atoms with van der Waals surface area (Å²) in [6, 6.07) is 28.6. The fourth-order valence-corrected chi connectivity index (χ4v) is 7.45. The molecule has 1 amide bonds. The molecule has 0 aromatic heterocycles. The molecule has 1 saturated carbocycles. The Bertz CT molecular complexity index is 1370. The van der Waals surface area contributed by atoms with E-state index in [1.165, 1.54) is 17.4 Å². The Morgan fingerprint density at radius 2 is 1.54 bits per heavy atom. The van der Waals surface area contributed by atoms with Crippen LogP contribution in [0.15, 0.2) is 84.9 Å². The Morgan fingerprint density at radius 3 is 2.18 bits per heavy atom. The molecule has 3 aromatic carbocycles. The van der Waals surface area contributed by atoms with Gasteiger partial charge in [0.05, 0.1) is 11.9 Å². The molecule has 1 aliphatic heterocycles. The summed E-state index contributed by atoms with van der Waals surface area (Å²) in [6.07, 6.45) is 5.20. The highest BCUT2D eigenvalue weighted by atomic mass is 32.2. The predicted octanol–water partition coefficient (Wildman–Crippen LogP) is 4.75. The van der Waals surface area contributed by atoms with Gasteiger partial charge >= 0.3 is 0 Å². The second-order valence-electron chi connectivity index (χ2n) is 11.4. The van der Waals surface area contributed by atoms with Crippen LogP contribution in [0.1, 0.15) is 42.4 Å². The second kappa shape index (κ2) is 11.5. The topological polar surface area (TPSA) is 69.7 Å². The number of nitrogens with zero attached hydrogens (tertiary/aromatic N) is 2. The summed E-state index contributed by atoms with van der Waals surface area (Å²) in [6.45, 7) is 2.05. The van der Waals surface area contributed by atoms with Crippen molar-refractivity contribution < 1.29 is 13.2 Å². The van der Waals surface area contributed by atoms with E-state index in [0.717, 1.165) is 56.4 Å². The zero-order chi connectivity index (χ0) is 27.5. The Balaban J connectivity index is 1.25. The number of benzene rings is 3. The molecule has 1 N–H and O–H groups in total. The Morgan fingerprint density at radius 1 is 0.949 bits per heavy atom. The first-order chi connectivity index (χ1) is 18.7. The van der Waals surface area contributed by atoms with E-state index in [4.69, 9.17) is 0 Å². The number of anilines is 1. The quantitative estimate of drug-likeness (QED) is 0.421. The minimum atomic E-state index is -3.35. The zero-order valence-electron chi connectivity index (χ0n) is 22.9. The molecule has 0 radical (unpaired) electrons. The highest BCUT2D eigenvalue weighted by molar-refractivity contribution is 7.92. The van der Waals surface area contributed by atoms with Crippen LogP contribution in [0.4, 0.5) is 5.69 Å². The van der Waals surface area contributed by atoms with E-state index >= 15 is 0 Å². The Hall–Kier alpha value is -3.16. The van der Waals surface area contributed by atoms with Gasteiger partial charge in [0.1, 0.15) is 0 Å². The van der Waals surface area contributed by atoms with Crippen LogP contribution in [0.5, 0.6) is 0 Å². The van der Waals surface area contributed by atoms with Crippen molar-refractivity contribution in [2.75, 3.05) is 30.7 Å². The van der Waals surface area contributed by atoms with E-state index in [1.54, 1.807) is 4.31 Å². The van der Waals surface area contributed by atoms with Gasteiger partial charge in [0.25, 0.3) is 0 Å². The summed E-state index contributed by atoms with van der Waals surface area (Å²) in [5, 5.41) is 3.40. The van der Waals surface area contributed by atoms with Crippen LogP contribution >= 0.6 is 0 Å². The number of amides is 1. The van der Waals surface area contributed by atoms with Gasteiger partial charge in [-0.3, -0.25) is 9.10 Å². The monoisotopic (exact) mass is 545 g/mol. The molecule has 1 aliphatic carbocycles. The largest absolute Gasteiger partial charge is 0.352 e. The summed E-state index contributed by atoms with van der Waals surface area (Å²) >= 11 is 0. The summed E-state index contributed by atoms with van der Waals surface area (Å²) in [7, 11) is -1.25. The van der Waals surface area contributed by atoms with E-state index in [2.05, 4.69) is 59.7 Å².